The van der Waals surface area contributed by atoms with E-state index >= 15 is 0 Å². The molecule has 1 aliphatic heterocycles. The van der Waals surface area contributed by atoms with E-state index in [1.54, 1.807) is 14.2 Å². The third-order valence-corrected chi connectivity index (χ3v) is 5.74. The van der Waals surface area contributed by atoms with Crippen molar-refractivity contribution in [3.63, 3.8) is 0 Å². The molecule has 0 N–H and O–H groups in total. The fraction of sp³-hybridized carbons (Fsp3) is 0.458. The van der Waals surface area contributed by atoms with E-state index in [-0.39, 0.29) is 5.91 Å². The van der Waals surface area contributed by atoms with Gasteiger partial charge in [0.2, 0.25) is 5.91 Å². The fourth-order valence-electron chi connectivity index (χ4n) is 4.06. The van der Waals surface area contributed by atoms with Crippen molar-refractivity contribution in [1.29, 1.82) is 0 Å². The predicted octanol–water partition coefficient (Wildman–Crippen LogP) is 4.03. The molecule has 0 aliphatic carbocycles. The molecule has 1 heterocycles. The SMILES string of the molecule is COc1ccc(CN(C)C2CCC(=O)N(Cc3cccc(C)c3)CC2)cc1OC. The molecule has 0 radical (unpaired) electrons. The van der Waals surface area contributed by atoms with Crippen LogP contribution >= 0.6 is 0 Å². The molecule has 0 bridgehead atoms. The van der Waals surface area contributed by atoms with Crippen LogP contribution in [0.5, 0.6) is 11.5 Å². The number of likely N-dealkylation sites (tertiary alicyclic amines) is 1. The van der Waals surface area contributed by atoms with Gasteiger partial charge in [-0.15, -0.1) is 0 Å². The fourth-order valence-corrected chi connectivity index (χ4v) is 4.06. The molecule has 5 nitrogen and oxygen atoms in total. The number of methoxy groups -OCH3 is 2. The van der Waals surface area contributed by atoms with Gasteiger partial charge in [0.25, 0.3) is 0 Å². The number of hydrogen-bond acceptors (Lipinski definition) is 4. The van der Waals surface area contributed by atoms with E-state index < -0.39 is 0 Å². The molecule has 156 valence electrons. The van der Waals surface area contributed by atoms with Crippen molar-refractivity contribution in [3.05, 3.63) is 59.2 Å². The number of nitrogens with zero attached hydrogens (tertiary/aromatic N) is 2. The summed E-state index contributed by atoms with van der Waals surface area (Å²) in [4.78, 5) is 17.0. The first-order valence-corrected chi connectivity index (χ1v) is 10.2. The average Bonchev–Trinajstić information content (AvgIpc) is 2.90. The Hall–Kier alpha value is -2.53. The van der Waals surface area contributed by atoms with Gasteiger partial charge in [-0.3, -0.25) is 9.69 Å². The quantitative estimate of drug-likeness (QED) is 0.709. The zero-order valence-electron chi connectivity index (χ0n) is 18.0. The minimum absolute atomic E-state index is 0.258. The zero-order valence-corrected chi connectivity index (χ0v) is 18.0. The van der Waals surface area contributed by atoms with Crippen LogP contribution in [0.2, 0.25) is 0 Å². The third-order valence-electron chi connectivity index (χ3n) is 5.74. The summed E-state index contributed by atoms with van der Waals surface area (Å²) in [6, 6.07) is 14.9. The monoisotopic (exact) mass is 396 g/mol. The van der Waals surface area contributed by atoms with Gasteiger partial charge in [-0.2, -0.15) is 0 Å². The van der Waals surface area contributed by atoms with Crippen molar-refractivity contribution in [1.82, 2.24) is 9.80 Å². The summed E-state index contributed by atoms with van der Waals surface area (Å²) in [5, 5.41) is 0. The first-order chi connectivity index (χ1) is 14.0. The van der Waals surface area contributed by atoms with Gasteiger partial charge in [0, 0.05) is 32.1 Å². The Balaban J connectivity index is 1.61. The predicted molar refractivity (Wildman–Crippen MR) is 115 cm³/mol. The third kappa shape index (κ3) is 5.51. The lowest BCUT2D eigenvalue weighted by Gasteiger charge is -2.27. The van der Waals surface area contributed by atoms with E-state index in [4.69, 9.17) is 9.47 Å². The molecule has 1 fully saturated rings. The van der Waals surface area contributed by atoms with E-state index in [1.807, 2.05) is 17.0 Å². The maximum atomic E-state index is 12.7. The molecule has 5 heteroatoms. The Morgan fingerprint density at radius 1 is 1.03 bits per heavy atom. The molecule has 29 heavy (non-hydrogen) atoms. The van der Waals surface area contributed by atoms with E-state index in [9.17, 15) is 4.79 Å². The minimum atomic E-state index is 0.258. The molecule has 2 aromatic rings. The van der Waals surface area contributed by atoms with Gasteiger partial charge in [-0.05, 0) is 50.1 Å². The van der Waals surface area contributed by atoms with E-state index in [0.29, 0.717) is 19.0 Å². The lowest BCUT2D eigenvalue weighted by molar-refractivity contribution is -0.131. The van der Waals surface area contributed by atoms with Crippen LogP contribution in [-0.4, -0.2) is 49.6 Å². The number of amides is 1. The molecule has 1 amide bonds. The van der Waals surface area contributed by atoms with Gasteiger partial charge in [-0.25, -0.2) is 0 Å². The lowest BCUT2D eigenvalue weighted by Crippen LogP contribution is -2.33. The van der Waals surface area contributed by atoms with E-state index in [0.717, 1.165) is 37.4 Å². The van der Waals surface area contributed by atoms with Gasteiger partial charge in [0.05, 0.1) is 14.2 Å². The molecule has 1 unspecified atom stereocenters. The summed E-state index contributed by atoms with van der Waals surface area (Å²) < 4.78 is 10.7. The largest absolute Gasteiger partial charge is 0.493 e. The normalized spacial score (nSPS) is 17.3. The summed E-state index contributed by atoms with van der Waals surface area (Å²) in [7, 11) is 5.45. The molecule has 1 atom stereocenters. The zero-order chi connectivity index (χ0) is 20.8. The van der Waals surface area contributed by atoms with E-state index in [2.05, 4.69) is 49.2 Å². The number of hydrogen-bond donors (Lipinski definition) is 0. The highest BCUT2D eigenvalue weighted by atomic mass is 16.5. The maximum Gasteiger partial charge on any atom is 0.222 e. The standard InChI is InChI=1S/C24H32N2O3/c1-18-6-5-7-19(14-18)17-26-13-12-21(9-11-24(26)27)25(2)16-20-8-10-22(28-3)23(15-20)29-4/h5-8,10,14-15,21H,9,11-13,16-17H2,1-4H3. The summed E-state index contributed by atoms with van der Waals surface area (Å²) in [6.07, 6.45) is 2.49. The van der Waals surface area contributed by atoms with Crippen molar-refractivity contribution in [2.24, 2.45) is 0 Å². The number of ether oxygens (including phenoxy) is 2. The summed E-state index contributed by atoms with van der Waals surface area (Å²) in [6.45, 7) is 4.41. The molecule has 0 saturated carbocycles. The van der Waals surface area contributed by atoms with Crippen molar-refractivity contribution in [3.8, 4) is 11.5 Å². The Kier molecular flexibility index (Phi) is 7.15. The highest BCUT2D eigenvalue weighted by molar-refractivity contribution is 5.76. The van der Waals surface area contributed by atoms with Crippen molar-refractivity contribution >= 4 is 5.91 Å². The van der Waals surface area contributed by atoms with Crippen LogP contribution in [0.4, 0.5) is 0 Å². The number of carbonyl (C=O) groups is 1. The van der Waals surface area contributed by atoms with Crippen LogP contribution in [0, 0.1) is 6.92 Å². The average molecular weight is 397 g/mol. The van der Waals surface area contributed by atoms with Gasteiger partial charge >= 0.3 is 0 Å². The van der Waals surface area contributed by atoms with Crippen molar-refractivity contribution in [2.75, 3.05) is 27.8 Å². The van der Waals surface area contributed by atoms with Crippen LogP contribution in [0.1, 0.15) is 36.0 Å². The van der Waals surface area contributed by atoms with Crippen LogP contribution in [0.3, 0.4) is 0 Å². The first-order valence-electron chi connectivity index (χ1n) is 10.2. The summed E-state index contributed by atoms with van der Waals surface area (Å²) in [5.41, 5.74) is 3.62. The Morgan fingerprint density at radius 3 is 2.55 bits per heavy atom. The van der Waals surface area contributed by atoms with Crippen molar-refractivity contribution < 1.29 is 14.3 Å². The Bertz CT molecular complexity index is 837. The van der Waals surface area contributed by atoms with Gasteiger partial charge in [0.1, 0.15) is 0 Å². The van der Waals surface area contributed by atoms with Crippen LogP contribution in [-0.2, 0) is 17.9 Å². The lowest BCUT2D eigenvalue weighted by atomic mass is 10.1. The second-order valence-electron chi connectivity index (χ2n) is 7.89. The highest BCUT2D eigenvalue weighted by Crippen LogP contribution is 2.29. The minimum Gasteiger partial charge on any atom is -0.493 e. The van der Waals surface area contributed by atoms with E-state index in [1.165, 1.54) is 16.7 Å². The smallest absolute Gasteiger partial charge is 0.222 e. The molecule has 0 spiro atoms. The number of rotatable bonds is 7. The van der Waals surface area contributed by atoms with Crippen LogP contribution in [0.15, 0.2) is 42.5 Å². The molecule has 1 aliphatic rings. The Labute approximate surface area is 174 Å². The van der Waals surface area contributed by atoms with Gasteiger partial charge in [-0.1, -0.05) is 35.9 Å². The number of carbonyl (C=O) groups excluding carboxylic acids is 1. The number of aryl methyl sites for hydroxylation is 1. The summed E-state index contributed by atoms with van der Waals surface area (Å²) in [5.74, 6) is 1.75. The molecule has 2 aromatic carbocycles. The molecular weight excluding hydrogens is 364 g/mol. The maximum absolute atomic E-state index is 12.7. The van der Waals surface area contributed by atoms with Gasteiger partial charge < -0.3 is 14.4 Å². The molecule has 3 rings (SSSR count). The van der Waals surface area contributed by atoms with Gasteiger partial charge in [0.15, 0.2) is 11.5 Å². The second-order valence-corrected chi connectivity index (χ2v) is 7.89. The highest BCUT2D eigenvalue weighted by Gasteiger charge is 2.25. The van der Waals surface area contributed by atoms with Crippen molar-refractivity contribution in [2.45, 2.75) is 45.3 Å². The molecule has 0 aromatic heterocycles. The Morgan fingerprint density at radius 2 is 1.83 bits per heavy atom. The molecular formula is C24H32N2O3. The second kappa shape index (κ2) is 9.79. The molecule has 1 saturated heterocycles. The first kappa shape index (κ1) is 21.2. The number of benzene rings is 2. The van der Waals surface area contributed by atoms with Crippen LogP contribution < -0.4 is 9.47 Å². The topological polar surface area (TPSA) is 42.0 Å². The summed E-state index contributed by atoms with van der Waals surface area (Å²) >= 11 is 0. The van der Waals surface area contributed by atoms with Crippen LogP contribution in [0.25, 0.3) is 0 Å².